The summed E-state index contributed by atoms with van der Waals surface area (Å²) < 4.78 is 6.41. The Morgan fingerprint density at radius 2 is 1.89 bits per heavy atom. The minimum absolute atomic E-state index is 0.0349. The van der Waals surface area contributed by atoms with Crippen LogP contribution < -0.4 is 4.90 Å². The number of aryl methyl sites for hydroxylation is 1. The number of rotatable bonds is 1. The van der Waals surface area contributed by atoms with Crippen molar-refractivity contribution in [2.75, 3.05) is 18.0 Å². The van der Waals surface area contributed by atoms with Crippen molar-refractivity contribution in [3.8, 4) is 0 Å². The second-order valence-corrected chi connectivity index (χ2v) is 6.63. The third-order valence-electron chi connectivity index (χ3n) is 4.12. The van der Waals surface area contributed by atoms with Gasteiger partial charge < -0.3 is 9.64 Å². The average molecular weight is 261 g/mol. The van der Waals surface area contributed by atoms with E-state index in [1.54, 1.807) is 6.20 Å². The molecule has 1 aliphatic heterocycles. The lowest BCUT2D eigenvalue weighted by Crippen LogP contribution is -2.59. The van der Waals surface area contributed by atoms with E-state index in [0.717, 1.165) is 24.6 Å². The number of anilines is 1. The van der Waals surface area contributed by atoms with Gasteiger partial charge >= 0.3 is 0 Å². The molecule has 1 saturated carbocycles. The molecule has 1 aromatic heterocycles. The molecule has 2 heterocycles. The van der Waals surface area contributed by atoms with Crippen LogP contribution in [0.4, 0.5) is 5.82 Å². The highest BCUT2D eigenvalue weighted by Crippen LogP contribution is 2.41. The molecule has 2 aliphatic rings. The average Bonchev–Trinajstić information content (AvgIpc) is 2.74. The van der Waals surface area contributed by atoms with Crippen LogP contribution in [-0.2, 0) is 4.74 Å². The van der Waals surface area contributed by atoms with Gasteiger partial charge in [-0.3, -0.25) is 4.98 Å². The van der Waals surface area contributed by atoms with Crippen LogP contribution in [0.25, 0.3) is 0 Å². The summed E-state index contributed by atoms with van der Waals surface area (Å²) in [5.41, 5.74) is 0.892. The number of aromatic nitrogens is 2. The van der Waals surface area contributed by atoms with Crippen LogP contribution in [0.1, 0.15) is 45.2 Å². The zero-order valence-electron chi connectivity index (χ0n) is 12.1. The van der Waals surface area contributed by atoms with Gasteiger partial charge in [-0.05, 0) is 33.6 Å². The van der Waals surface area contributed by atoms with Crippen LogP contribution in [0.15, 0.2) is 12.4 Å². The van der Waals surface area contributed by atoms with Gasteiger partial charge in [0.1, 0.15) is 5.82 Å². The highest BCUT2D eigenvalue weighted by molar-refractivity contribution is 5.39. The van der Waals surface area contributed by atoms with E-state index in [1.807, 2.05) is 13.1 Å². The van der Waals surface area contributed by atoms with Gasteiger partial charge in [-0.25, -0.2) is 4.98 Å². The molecule has 104 valence electrons. The summed E-state index contributed by atoms with van der Waals surface area (Å²) in [6.07, 6.45) is 8.59. The molecule has 2 fully saturated rings. The van der Waals surface area contributed by atoms with Crippen molar-refractivity contribution in [3.05, 3.63) is 18.1 Å². The van der Waals surface area contributed by atoms with Gasteiger partial charge in [0.05, 0.1) is 23.1 Å². The summed E-state index contributed by atoms with van der Waals surface area (Å²) in [6.45, 7) is 8.19. The van der Waals surface area contributed by atoms with Crippen molar-refractivity contribution in [2.24, 2.45) is 0 Å². The summed E-state index contributed by atoms with van der Waals surface area (Å²) in [7, 11) is 0. The molecule has 3 rings (SSSR count). The first kappa shape index (κ1) is 12.9. The van der Waals surface area contributed by atoms with Gasteiger partial charge in [-0.1, -0.05) is 12.8 Å². The van der Waals surface area contributed by atoms with Gasteiger partial charge in [-0.2, -0.15) is 0 Å². The van der Waals surface area contributed by atoms with E-state index in [4.69, 9.17) is 4.74 Å². The maximum Gasteiger partial charge on any atom is 0.147 e. The Kier molecular flexibility index (Phi) is 3.01. The van der Waals surface area contributed by atoms with Crippen molar-refractivity contribution in [2.45, 2.75) is 57.7 Å². The third-order valence-corrected chi connectivity index (χ3v) is 4.12. The minimum atomic E-state index is -0.117. The molecule has 1 aromatic rings. The Balaban J connectivity index is 1.89. The highest BCUT2D eigenvalue weighted by atomic mass is 16.5. The zero-order chi connectivity index (χ0) is 13.5. The van der Waals surface area contributed by atoms with E-state index in [0.29, 0.717) is 0 Å². The standard InChI is InChI=1S/C15H23N3O/c1-12-8-16-9-13(17-12)18-10-14(2,3)19-15(11-18)6-4-5-7-15/h8-9H,4-7,10-11H2,1-3H3. The van der Waals surface area contributed by atoms with Gasteiger partial charge in [0, 0.05) is 19.3 Å². The molecule has 1 spiro atoms. The van der Waals surface area contributed by atoms with Crippen molar-refractivity contribution in [1.29, 1.82) is 0 Å². The SMILES string of the molecule is Cc1cncc(N2CC(C)(C)OC3(CCCC3)C2)n1. The predicted octanol–water partition coefficient (Wildman–Crippen LogP) is 2.71. The first-order valence-electron chi connectivity index (χ1n) is 7.22. The Labute approximate surface area is 115 Å². The van der Waals surface area contributed by atoms with Crippen molar-refractivity contribution in [1.82, 2.24) is 9.97 Å². The number of hydrogen-bond donors (Lipinski definition) is 0. The smallest absolute Gasteiger partial charge is 0.147 e. The first-order chi connectivity index (χ1) is 8.98. The molecule has 1 saturated heterocycles. The number of nitrogens with zero attached hydrogens (tertiary/aromatic N) is 3. The quantitative estimate of drug-likeness (QED) is 0.779. The van der Waals surface area contributed by atoms with Gasteiger partial charge in [0.25, 0.3) is 0 Å². The molecule has 0 radical (unpaired) electrons. The summed E-state index contributed by atoms with van der Waals surface area (Å²) in [5.74, 6) is 0.989. The second kappa shape index (κ2) is 4.44. The fourth-order valence-corrected chi connectivity index (χ4v) is 3.56. The zero-order valence-corrected chi connectivity index (χ0v) is 12.1. The van der Waals surface area contributed by atoms with Crippen molar-refractivity contribution in [3.63, 3.8) is 0 Å². The molecule has 0 bridgehead atoms. The van der Waals surface area contributed by atoms with Gasteiger partial charge in [0.2, 0.25) is 0 Å². The monoisotopic (exact) mass is 261 g/mol. The fraction of sp³-hybridized carbons (Fsp3) is 0.733. The summed E-state index contributed by atoms with van der Waals surface area (Å²) in [5, 5.41) is 0. The Morgan fingerprint density at radius 1 is 1.16 bits per heavy atom. The van der Waals surface area contributed by atoms with E-state index < -0.39 is 0 Å². The molecule has 0 unspecified atom stereocenters. The van der Waals surface area contributed by atoms with E-state index in [9.17, 15) is 0 Å². The van der Waals surface area contributed by atoms with E-state index >= 15 is 0 Å². The molecule has 4 nitrogen and oxygen atoms in total. The Bertz CT molecular complexity index is 466. The number of ether oxygens (including phenoxy) is 1. The van der Waals surface area contributed by atoms with Crippen LogP contribution in [0.2, 0.25) is 0 Å². The van der Waals surface area contributed by atoms with Crippen LogP contribution in [-0.4, -0.2) is 34.3 Å². The van der Waals surface area contributed by atoms with Crippen molar-refractivity contribution >= 4 is 5.82 Å². The molecular formula is C15H23N3O. The molecule has 0 aromatic carbocycles. The Hall–Kier alpha value is -1.16. The maximum absolute atomic E-state index is 6.41. The molecule has 0 amide bonds. The first-order valence-corrected chi connectivity index (χ1v) is 7.22. The summed E-state index contributed by atoms with van der Waals surface area (Å²) in [6, 6.07) is 0. The topological polar surface area (TPSA) is 38.2 Å². The lowest BCUT2D eigenvalue weighted by Gasteiger charge is -2.49. The fourth-order valence-electron chi connectivity index (χ4n) is 3.56. The number of hydrogen-bond acceptors (Lipinski definition) is 4. The van der Waals surface area contributed by atoms with Gasteiger partial charge in [0.15, 0.2) is 0 Å². The highest BCUT2D eigenvalue weighted by Gasteiger charge is 2.46. The van der Waals surface area contributed by atoms with E-state index in [2.05, 4.69) is 28.7 Å². The minimum Gasteiger partial charge on any atom is -0.365 e. The predicted molar refractivity (Wildman–Crippen MR) is 75.3 cm³/mol. The largest absolute Gasteiger partial charge is 0.365 e. The molecule has 1 aliphatic carbocycles. The molecular weight excluding hydrogens is 238 g/mol. The van der Waals surface area contributed by atoms with Crippen LogP contribution in [0.3, 0.4) is 0 Å². The molecule has 0 N–H and O–H groups in total. The summed E-state index contributed by atoms with van der Waals surface area (Å²) >= 11 is 0. The lowest BCUT2D eigenvalue weighted by atomic mass is 9.94. The normalized spacial score (nSPS) is 24.9. The van der Waals surface area contributed by atoms with Crippen LogP contribution in [0.5, 0.6) is 0 Å². The van der Waals surface area contributed by atoms with E-state index in [-0.39, 0.29) is 11.2 Å². The lowest BCUT2D eigenvalue weighted by molar-refractivity contribution is -0.148. The van der Waals surface area contributed by atoms with Crippen LogP contribution >= 0.6 is 0 Å². The van der Waals surface area contributed by atoms with E-state index in [1.165, 1.54) is 25.7 Å². The third kappa shape index (κ3) is 2.59. The van der Waals surface area contributed by atoms with Crippen LogP contribution in [0, 0.1) is 6.92 Å². The maximum atomic E-state index is 6.41. The Morgan fingerprint density at radius 3 is 2.58 bits per heavy atom. The second-order valence-electron chi connectivity index (χ2n) is 6.63. The number of morpholine rings is 1. The molecule has 19 heavy (non-hydrogen) atoms. The van der Waals surface area contributed by atoms with Crippen molar-refractivity contribution < 1.29 is 4.74 Å². The molecule has 4 heteroatoms. The molecule has 0 atom stereocenters. The summed E-state index contributed by atoms with van der Waals surface area (Å²) in [4.78, 5) is 11.3. The van der Waals surface area contributed by atoms with Gasteiger partial charge in [-0.15, -0.1) is 0 Å².